The van der Waals surface area contributed by atoms with Gasteiger partial charge in [0.15, 0.2) is 11.6 Å². The summed E-state index contributed by atoms with van der Waals surface area (Å²) in [5, 5.41) is 2.67. The van der Waals surface area contributed by atoms with Gasteiger partial charge in [-0.05, 0) is 61.9 Å². The van der Waals surface area contributed by atoms with Crippen molar-refractivity contribution in [2.75, 3.05) is 13.6 Å². The Morgan fingerprint density at radius 2 is 1.68 bits per heavy atom. The summed E-state index contributed by atoms with van der Waals surface area (Å²) >= 11 is 0. The Hall–Kier alpha value is -3.36. The molecule has 7 nitrogen and oxygen atoms in total. The molecule has 1 aliphatic rings. The van der Waals surface area contributed by atoms with E-state index in [0.29, 0.717) is 25.7 Å². The number of hydrogen-bond acceptors (Lipinski definition) is 6. The maximum Gasteiger partial charge on any atom is 0.451 e. The predicted molar refractivity (Wildman–Crippen MR) is 125 cm³/mol. The Labute approximate surface area is 214 Å². The van der Waals surface area contributed by atoms with Gasteiger partial charge in [0.1, 0.15) is 12.1 Å². The molecule has 1 N–H and O–H groups in total. The molecule has 1 aliphatic heterocycles. The lowest BCUT2D eigenvalue weighted by atomic mass is 10.0. The number of benzene rings is 2. The van der Waals surface area contributed by atoms with Crippen molar-refractivity contribution in [2.24, 2.45) is 0 Å². The highest BCUT2D eigenvalue weighted by molar-refractivity contribution is 7.89. The average Bonchev–Trinajstić information content (AvgIpc) is 3.37. The fourth-order valence-corrected chi connectivity index (χ4v) is 5.33. The molecule has 0 bridgehead atoms. The van der Waals surface area contributed by atoms with Crippen LogP contribution in [0.5, 0.6) is 0 Å². The summed E-state index contributed by atoms with van der Waals surface area (Å²) in [5.74, 6) is -3.86. The molecule has 3 aromatic rings. The van der Waals surface area contributed by atoms with Crippen LogP contribution >= 0.6 is 0 Å². The summed E-state index contributed by atoms with van der Waals surface area (Å²) in [7, 11) is -2.12. The van der Waals surface area contributed by atoms with Crippen molar-refractivity contribution in [1.82, 2.24) is 19.6 Å². The zero-order chi connectivity index (χ0) is 28.1. The molecule has 38 heavy (non-hydrogen) atoms. The average molecular weight is 561 g/mol. The lowest BCUT2D eigenvalue weighted by Crippen LogP contribution is -2.36. The smallest absolute Gasteiger partial charge is 0.316 e. The van der Waals surface area contributed by atoms with E-state index >= 15 is 0 Å². The van der Waals surface area contributed by atoms with Crippen LogP contribution in [0.1, 0.15) is 24.2 Å². The van der Waals surface area contributed by atoms with Crippen LogP contribution in [-0.2, 0) is 27.5 Å². The summed E-state index contributed by atoms with van der Waals surface area (Å²) in [6.07, 6.45) is -0.941. The summed E-state index contributed by atoms with van der Waals surface area (Å²) in [6.45, 7) is 0.418. The molecule has 14 heteroatoms. The van der Waals surface area contributed by atoms with Gasteiger partial charge in [0, 0.05) is 36.6 Å². The van der Waals surface area contributed by atoms with Crippen molar-refractivity contribution in [2.45, 2.75) is 36.5 Å². The van der Waals surface area contributed by atoms with Crippen molar-refractivity contribution in [3.63, 3.8) is 0 Å². The molecule has 2 aromatic carbocycles. The van der Waals surface area contributed by atoms with E-state index in [1.807, 2.05) is 0 Å². The fraction of sp³-hybridized carbons (Fsp3) is 0.292. The first kappa shape index (κ1) is 29.2. The van der Waals surface area contributed by atoms with Gasteiger partial charge >= 0.3 is 6.18 Å². The summed E-state index contributed by atoms with van der Waals surface area (Å²) < 4.78 is 102. The lowest BCUT2D eigenvalue weighted by Gasteiger charge is -2.19. The maximum atomic E-state index is 13.5. The number of alkyl halides is 3. The van der Waals surface area contributed by atoms with Crippen LogP contribution in [0, 0.1) is 17.5 Å². The predicted octanol–water partition coefficient (Wildman–Crippen LogP) is 4.34. The zero-order valence-electron chi connectivity index (χ0n) is 19.8. The van der Waals surface area contributed by atoms with E-state index in [9.17, 15) is 39.6 Å². The minimum atomic E-state index is -4.65. The van der Waals surface area contributed by atoms with Gasteiger partial charge in [0.2, 0.25) is 15.8 Å². The second kappa shape index (κ2) is 12.0. The number of carbonyl (C=O) groups excluding carboxylic acids is 1. The number of nitrogens with zero attached hydrogens (tertiary/aromatic N) is 3. The minimum Gasteiger partial charge on any atom is -0.316 e. The van der Waals surface area contributed by atoms with Crippen molar-refractivity contribution in [1.29, 1.82) is 0 Å². The quantitative estimate of drug-likeness (QED) is 0.356. The molecule has 0 saturated carbocycles. The van der Waals surface area contributed by atoms with Gasteiger partial charge in [0.05, 0.1) is 10.9 Å². The van der Waals surface area contributed by atoms with E-state index in [4.69, 9.17) is 0 Å². The minimum absolute atomic E-state index is 0.0210. The van der Waals surface area contributed by atoms with E-state index in [-0.39, 0.29) is 28.1 Å². The number of rotatable bonds is 6. The molecular formula is C24H22F6N4O3S. The molecule has 1 saturated heterocycles. The number of carbonyl (C=O) groups is 1. The third-order valence-corrected chi connectivity index (χ3v) is 7.47. The van der Waals surface area contributed by atoms with Gasteiger partial charge in [-0.15, -0.1) is 0 Å². The standard InChI is InChI=1S/C13H10F5N3.C11H12FNO3S/c1-19-4-8-2-7(3-10(14)11(8)15)9-5-20-12(21-6-9)13(16,17)18;12-9-3-5-11(6-4-9)17(15,16)13-7-1-2-10(13)8-14/h2-3,5-6,19H,4H2,1H3;3-6,8,10H,1-2,7H2/t;10-/m.0/s1. The van der Waals surface area contributed by atoms with Crippen LogP contribution in [0.3, 0.4) is 0 Å². The second-order valence-corrected chi connectivity index (χ2v) is 10.1. The van der Waals surface area contributed by atoms with E-state index in [1.165, 1.54) is 22.5 Å². The largest absolute Gasteiger partial charge is 0.451 e. The topological polar surface area (TPSA) is 92.3 Å². The van der Waals surface area contributed by atoms with E-state index in [0.717, 1.165) is 30.6 Å². The van der Waals surface area contributed by atoms with Crippen LogP contribution in [0.25, 0.3) is 11.1 Å². The van der Waals surface area contributed by atoms with Gasteiger partial charge in [-0.25, -0.2) is 31.6 Å². The van der Waals surface area contributed by atoms with Crippen molar-refractivity contribution in [3.05, 3.63) is 77.6 Å². The number of aldehydes is 1. The molecule has 0 unspecified atom stereocenters. The third kappa shape index (κ3) is 6.74. The lowest BCUT2D eigenvalue weighted by molar-refractivity contribution is -0.145. The first-order valence-electron chi connectivity index (χ1n) is 11.1. The number of aromatic nitrogens is 2. The van der Waals surface area contributed by atoms with Gasteiger partial charge in [-0.1, -0.05) is 0 Å². The molecule has 2 heterocycles. The molecule has 0 aliphatic carbocycles. The molecule has 1 fully saturated rings. The zero-order valence-corrected chi connectivity index (χ0v) is 20.7. The van der Waals surface area contributed by atoms with E-state index in [1.54, 1.807) is 7.05 Å². The Balaban J connectivity index is 0.000000215. The first-order chi connectivity index (χ1) is 17.9. The van der Waals surface area contributed by atoms with E-state index in [2.05, 4.69) is 15.3 Å². The molecule has 204 valence electrons. The van der Waals surface area contributed by atoms with Gasteiger partial charge in [0.25, 0.3) is 0 Å². The van der Waals surface area contributed by atoms with Crippen molar-refractivity contribution >= 4 is 16.3 Å². The summed E-state index contributed by atoms with van der Waals surface area (Å²) in [4.78, 5) is 17.2. The summed E-state index contributed by atoms with van der Waals surface area (Å²) in [6, 6.07) is 6.25. The number of hydrogen-bond donors (Lipinski definition) is 1. The normalized spacial score (nSPS) is 16.1. The highest BCUT2D eigenvalue weighted by Gasteiger charge is 2.35. The SMILES string of the molecule is CNCc1cc(-c2cnc(C(F)(F)F)nc2)cc(F)c1F.O=C[C@@H]1CCCN1S(=O)(=O)c1ccc(F)cc1. The second-order valence-electron chi connectivity index (χ2n) is 8.17. The van der Waals surface area contributed by atoms with E-state index < -0.39 is 45.5 Å². The van der Waals surface area contributed by atoms with Crippen LogP contribution in [0.2, 0.25) is 0 Å². The molecular weight excluding hydrogens is 538 g/mol. The van der Waals surface area contributed by atoms with Crippen LogP contribution in [-0.4, -0.2) is 48.6 Å². The van der Waals surface area contributed by atoms with Crippen LogP contribution in [0.15, 0.2) is 53.7 Å². The Morgan fingerprint density at radius 1 is 1.05 bits per heavy atom. The highest BCUT2D eigenvalue weighted by Crippen LogP contribution is 2.28. The van der Waals surface area contributed by atoms with Gasteiger partial charge in [-0.2, -0.15) is 17.5 Å². The van der Waals surface area contributed by atoms with Crippen molar-refractivity contribution in [3.8, 4) is 11.1 Å². The highest BCUT2D eigenvalue weighted by atomic mass is 32.2. The van der Waals surface area contributed by atoms with Crippen LogP contribution in [0.4, 0.5) is 26.3 Å². The van der Waals surface area contributed by atoms with Crippen LogP contribution < -0.4 is 5.32 Å². The molecule has 1 aromatic heterocycles. The molecule has 0 radical (unpaired) electrons. The number of halogens is 6. The molecule has 4 rings (SSSR count). The molecule has 0 spiro atoms. The monoisotopic (exact) mass is 560 g/mol. The fourth-order valence-electron chi connectivity index (χ4n) is 3.70. The van der Waals surface area contributed by atoms with Crippen molar-refractivity contribution < 1.29 is 39.6 Å². The number of nitrogens with one attached hydrogen (secondary N) is 1. The Morgan fingerprint density at radius 3 is 2.24 bits per heavy atom. The Bertz CT molecular complexity index is 1370. The Kier molecular flexibility index (Phi) is 9.22. The summed E-state index contributed by atoms with van der Waals surface area (Å²) in [5.41, 5.74) is 0.430. The number of sulfonamides is 1. The molecule has 1 atom stereocenters. The van der Waals surface area contributed by atoms with Gasteiger partial charge < -0.3 is 10.1 Å². The maximum absolute atomic E-state index is 13.5. The third-order valence-electron chi connectivity index (χ3n) is 5.54. The molecule has 0 amide bonds. The first-order valence-corrected chi connectivity index (χ1v) is 12.6. The van der Waals surface area contributed by atoms with Gasteiger partial charge in [-0.3, -0.25) is 0 Å².